The third kappa shape index (κ3) is 2.59. The summed E-state index contributed by atoms with van der Waals surface area (Å²) >= 11 is 0. The molecule has 8 nitrogen and oxygen atoms in total. The number of rotatable bonds is 4. The zero-order valence-corrected chi connectivity index (χ0v) is 14.0. The van der Waals surface area contributed by atoms with Gasteiger partial charge in [0.05, 0.1) is 6.54 Å². The van der Waals surface area contributed by atoms with Gasteiger partial charge in [-0.1, -0.05) is 19.1 Å². The van der Waals surface area contributed by atoms with E-state index in [0.29, 0.717) is 30.3 Å². The topological polar surface area (TPSA) is 91.1 Å². The molecule has 1 atom stereocenters. The third-order valence-electron chi connectivity index (χ3n) is 4.40. The number of fused-ring (bicyclic) bond motifs is 3. The first-order valence-corrected chi connectivity index (χ1v) is 8.14. The molecular formula is C17H18N4O4. The molecule has 2 aromatic heterocycles. The molecule has 0 bridgehead atoms. The largest absolute Gasteiger partial charge is 0.490 e. The van der Waals surface area contributed by atoms with E-state index in [1.165, 1.54) is 10.1 Å². The summed E-state index contributed by atoms with van der Waals surface area (Å²) in [5.74, 6) is 0.774. The Bertz CT molecular complexity index is 1050. The van der Waals surface area contributed by atoms with Gasteiger partial charge in [-0.3, -0.25) is 18.9 Å². The summed E-state index contributed by atoms with van der Waals surface area (Å²) < 4.78 is 14.5. The van der Waals surface area contributed by atoms with Gasteiger partial charge in [0.2, 0.25) is 0 Å². The summed E-state index contributed by atoms with van der Waals surface area (Å²) in [5, 5.41) is 0. The van der Waals surface area contributed by atoms with Crippen molar-refractivity contribution in [3.05, 3.63) is 50.7 Å². The molecule has 0 unspecified atom stereocenters. The smallest absolute Gasteiger partial charge is 0.329 e. The Morgan fingerprint density at radius 3 is 2.80 bits per heavy atom. The third-order valence-corrected chi connectivity index (χ3v) is 4.40. The highest BCUT2D eigenvalue weighted by Gasteiger charge is 2.29. The lowest BCUT2D eigenvalue weighted by Crippen LogP contribution is -2.30. The number of aryl methyl sites for hydroxylation is 2. The molecule has 1 aliphatic heterocycles. The lowest BCUT2D eigenvalue weighted by atomic mass is 10.2. The minimum atomic E-state index is -0.496. The zero-order valence-electron chi connectivity index (χ0n) is 14.0. The van der Waals surface area contributed by atoms with Crippen LogP contribution in [0.15, 0.2) is 33.9 Å². The fourth-order valence-electron chi connectivity index (χ4n) is 2.96. The van der Waals surface area contributed by atoms with Crippen molar-refractivity contribution in [2.24, 2.45) is 7.05 Å². The molecule has 130 valence electrons. The fourth-order valence-corrected chi connectivity index (χ4v) is 2.96. The number of ether oxygens (including phenoxy) is 2. The van der Waals surface area contributed by atoms with Gasteiger partial charge in [-0.15, -0.1) is 0 Å². The van der Waals surface area contributed by atoms with E-state index in [0.717, 1.165) is 12.2 Å². The quantitative estimate of drug-likeness (QED) is 0.758. The summed E-state index contributed by atoms with van der Waals surface area (Å²) in [6.45, 7) is 2.89. The SMILES string of the molecule is CCc1ccc(OC[C@H]2Cn3c(nc4c3c(=O)[nH]c(=O)n4C)O2)cc1. The second-order valence-corrected chi connectivity index (χ2v) is 6.04. The maximum atomic E-state index is 12.1. The highest BCUT2D eigenvalue weighted by molar-refractivity contribution is 5.72. The van der Waals surface area contributed by atoms with Crippen molar-refractivity contribution in [3.8, 4) is 11.8 Å². The molecular weight excluding hydrogens is 324 g/mol. The van der Waals surface area contributed by atoms with Crippen LogP contribution in [-0.4, -0.2) is 31.8 Å². The first kappa shape index (κ1) is 15.5. The van der Waals surface area contributed by atoms with Crippen LogP contribution in [-0.2, 0) is 20.0 Å². The van der Waals surface area contributed by atoms with Crippen molar-refractivity contribution in [2.45, 2.75) is 26.0 Å². The van der Waals surface area contributed by atoms with Crippen LogP contribution in [0.1, 0.15) is 12.5 Å². The Morgan fingerprint density at radius 1 is 1.32 bits per heavy atom. The van der Waals surface area contributed by atoms with Gasteiger partial charge in [0, 0.05) is 7.05 Å². The maximum Gasteiger partial charge on any atom is 0.329 e. The van der Waals surface area contributed by atoms with E-state index >= 15 is 0 Å². The minimum absolute atomic E-state index is 0.241. The van der Waals surface area contributed by atoms with Gasteiger partial charge in [-0.2, -0.15) is 4.98 Å². The number of aromatic amines is 1. The first-order chi connectivity index (χ1) is 12.1. The molecule has 0 saturated heterocycles. The van der Waals surface area contributed by atoms with Gasteiger partial charge in [0.25, 0.3) is 11.6 Å². The van der Waals surface area contributed by atoms with E-state index in [1.54, 1.807) is 11.6 Å². The number of nitrogens with zero attached hydrogens (tertiary/aromatic N) is 3. The van der Waals surface area contributed by atoms with Crippen LogP contribution in [0, 0.1) is 0 Å². The number of hydrogen-bond donors (Lipinski definition) is 1. The van der Waals surface area contributed by atoms with Crippen molar-refractivity contribution >= 4 is 11.2 Å². The Labute approximate surface area is 142 Å². The molecule has 0 saturated carbocycles. The van der Waals surface area contributed by atoms with E-state index in [1.807, 2.05) is 24.3 Å². The Morgan fingerprint density at radius 2 is 2.08 bits per heavy atom. The number of imidazole rings is 1. The normalized spacial score (nSPS) is 16.0. The van der Waals surface area contributed by atoms with E-state index in [9.17, 15) is 9.59 Å². The second kappa shape index (κ2) is 5.80. The van der Waals surface area contributed by atoms with Crippen LogP contribution in [0.4, 0.5) is 0 Å². The zero-order chi connectivity index (χ0) is 17.6. The molecule has 3 heterocycles. The summed E-state index contributed by atoms with van der Waals surface area (Å²) in [5.41, 5.74) is 0.952. The molecule has 1 aliphatic rings. The number of aromatic nitrogens is 4. The van der Waals surface area contributed by atoms with Gasteiger partial charge in [0.15, 0.2) is 17.3 Å². The molecule has 0 radical (unpaired) electrons. The van der Waals surface area contributed by atoms with Crippen molar-refractivity contribution in [3.63, 3.8) is 0 Å². The minimum Gasteiger partial charge on any atom is -0.490 e. The summed E-state index contributed by atoms with van der Waals surface area (Å²) in [6, 6.07) is 8.26. The van der Waals surface area contributed by atoms with Crippen LogP contribution >= 0.6 is 0 Å². The molecule has 0 fully saturated rings. The van der Waals surface area contributed by atoms with Crippen LogP contribution in [0.2, 0.25) is 0 Å². The molecule has 3 aromatic rings. The predicted molar refractivity (Wildman–Crippen MR) is 91.3 cm³/mol. The van der Waals surface area contributed by atoms with Crippen molar-refractivity contribution in [2.75, 3.05) is 6.61 Å². The Kier molecular flexibility index (Phi) is 3.60. The molecule has 0 aliphatic carbocycles. The number of nitrogens with one attached hydrogen (secondary N) is 1. The number of benzene rings is 1. The van der Waals surface area contributed by atoms with Crippen LogP contribution in [0.25, 0.3) is 11.2 Å². The van der Waals surface area contributed by atoms with Crippen molar-refractivity contribution < 1.29 is 9.47 Å². The molecule has 8 heteroatoms. The Hall–Kier alpha value is -3.03. The molecule has 0 spiro atoms. The van der Waals surface area contributed by atoms with E-state index in [2.05, 4.69) is 16.9 Å². The van der Waals surface area contributed by atoms with Crippen LogP contribution < -0.4 is 20.7 Å². The lowest BCUT2D eigenvalue weighted by Gasteiger charge is -2.12. The maximum absolute atomic E-state index is 12.1. The van der Waals surface area contributed by atoms with Crippen LogP contribution in [0.3, 0.4) is 0 Å². The fraction of sp³-hybridized carbons (Fsp3) is 0.353. The van der Waals surface area contributed by atoms with Gasteiger partial charge in [0.1, 0.15) is 12.4 Å². The highest BCUT2D eigenvalue weighted by Crippen LogP contribution is 2.25. The monoisotopic (exact) mass is 342 g/mol. The molecule has 1 N–H and O–H groups in total. The van der Waals surface area contributed by atoms with Gasteiger partial charge in [-0.05, 0) is 24.1 Å². The standard InChI is InChI=1S/C17H18N4O4/c1-3-10-4-6-11(7-5-10)24-9-12-8-21-13-14(18-17(21)25-12)20(2)16(23)19-15(13)22/h4-7,12H,3,8-9H2,1-2H3,(H,19,22,23)/t12-/m1/s1. The first-order valence-electron chi connectivity index (χ1n) is 8.14. The van der Waals surface area contributed by atoms with E-state index < -0.39 is 11.2 Å². The van der Waals surface area contributed by atoms with Crippen LogP contribution in [0.5, 0.6) is 11.8 Å². The lowest BCUT2D eigenvalue weighted by molar-refractivity contribution is 0.144. The van der Waals surface area contributed by atoms with Crippen molar-refractivity contribution in [1.82, 2.24) is 19.1 Å². The molecule has 4 rings (SSSR count). The number of H-pyrrole nitrogens is 1. The summed E-state index contributed by atoms with van der Waals surface area (Å²) in [4.78, 5) is 30.3. The molecule has 1 aromatic carbocycles. The number of hydrogen-bond acceptors (Lipinski definition) is 5. The molecule has 0 amide bonds. The second-order valence-electron chi connectivity index (χ2n) is 6.04. The summed E-state index contributed by atoms with van der Waals surface area (Å²) in [7, 11) is 1.56. The van der Waals surface area contributed by atoms with Gasteiger partial charge >= 0.3 is 5.69 Å². The predicted octanol–water partition coefficient (Wildman–Crippen LogP) is 0.826. The van der Waals surface area contributed by atoms with Crippen molar-refractivity contribution in [1.29, 1.82) is 0 Å². The van der Waals surface area contributed by atoms with Gasteiger partial charge < -0.3 is 9.47 Å². The molecule has 25 heavy (non-hydrogen) atoms. The van der Waals surface area contributed by atoms with E-state index in [4.69, 9.17) is 9.47 Å². The summed E-state index contributed by atoms with van der Waals surface area (Å²) in [6.07, 6.45) is 0.742. The highest BCUT2D eigenvalue weighted by atomic mass is 16.6. The average Bonchev–Trinajstić information content (AvgIpc) is 3.16. The van der Waals surface area contributed by atoms with E-state index in [-0.39, 0.29) is 6.10 Å². The average molecular weight is 342 g/mol. The van der Waals surface area contributed by atoms with Gasteiger partial charge in [-0.25, -0.2) is 4.79 Å². The Balaban J connectivity index is 1.52.